The van der Waals surface area contributed by atoms with Crippen LogP contribution in [-0.4, -0.2) is 32.6 Å². The van der Waals surface area contributed by atoms with Crippen LogP contribution in [0, 0.1) is 13.8 Å². The number of allylic oxidation sites excluding steroid dienone is 1. The first-order valence-corrected chi connectivity index (χ1v) is 10.8. The number of hydrogen-bond donors (Lipinski definition) is 0. The Hall–Kier alpha value is -2.95. The van der Waals surface area contributed by atoms with E-state index in [0.29, 0.717) is 19.8 Å². The summed E-state index contributed by atoms with van der Waals surface area (Å²) >= 11 is 0. The van der Waals surface area contributed by atoms with Crippen LogP contribution in [0.15, 0.2) is 53.7 Å². The van der Waals surface area contributed by atoms with Crippen molar-refractivity contribution < 1.29 is 19.0 Å². The minimum Gasteiger partial charge on any atom is -0.494 e. The summed E-state index contributed by atoms with van der Waals surface area (Å²) in [7, 11) is 1.56. The molecule has 0 radical (unpaired) electrons. The van der Waals surface area contributed by atoms with Gasteiger partial charge in [-0.1, -0.05) is 29.4 Å². The summed E-state index contributed by atoms with van der Waals surface area (Å²) in [6.07, 6.45) is 6.58. The normalized spacial score (nSPS) is 11.6. The lowest BCUT2D eigenvalue weighted by Crippen LogP contribution is -2.05. The molecule has 2 aromatic carbocycles. The summed E-state index contributed by atoms with van der Waals surface area (Å²) in [5.74, 6) is 2.70. The number of rotatable bonds is 13. The first kappa shape index (κ1) is 24.3. The lowest BCUT2D eigenvalue weighted by molar-refractivity contribution is 0.212. The number of ether oxygens (including phenoxy) is 3. The minimum absolute atomic E-state index is 0.582. The van der Waals surface area contributed by atoms with Gasteiger partial charge in [-0.25, -0.2) is 0 Å². The van der Waals surface area contributed by atoms with Crippen LogP contribution >= 0.6 is 0 Å². The van der Waals surface area contributed by atoms with Crippen molar-refractivity contribution in [2.75, 3.05) is 26.9 Å². The Morgan fingerprint density at radius 2 is 1.65 bits per heavy atom. The van der Waals surface area contributed by atoms with E-state index in [1.54, 1.807) is 7.11 Å². The van der Waals surface area contributed by atoms with Gasteiger partial charge in [-0.3, -0.25) is 0 Å². The van der Waals surface area contributed by atoms with Crippen LogP contribution < -0.4 is 14.2 Å². The van der Waals surface area contributed by atoms with E-state index in [1.807, 2.05) is 50.3 Å². The van der Waals surface area contributed by atoms with Gasteiger partial charge in [0, 0.05) is 6.42 Å². The molecule has 0 aliphatic carbocycles. The maximum absolute atomic E-state index is 6.04. The standard InChI is InChI=1S/C26H35NO4/c1-6-7-13-30-25-16-20(2)26(21(3)17-25)31-15-9-8-14-29-24-12-10-11-23(19-24)18-22(4)27-28-5/h6-7,10-12,16-17,19H,8-9,13-15,18H2,1-5H3/b7-6+,27-22?. The Bertz CT molecular complexity index is 850. The predicted octanol–water partition coefficient (Wildman–Crippen LogP) is 6.06. The molecule has 0 aliphatic rings. The Balaban J connectivity index is 1.73. The van der Waals surface area contributed by atoms with Crippen molar-refractivity contribution in [3.05, 3.63) is 65.2 Å². The Labute approximate surface area is 186 Å². The van der Waals surface area contributed by atoms with Crippen LogP contribution in [0.3, 0.4) is 0 Å². The third kappa shape index (κ3) is 8.75. The Kier molecular flexibility index (Phi) is 10.5. The van der Waals surface area contributed by atoms with E-state index in [1.165, 1.54) is 0 Å². The van der Waals surface area contributed by atoms with Crippen LogP contribution in [0.1, 0.15) is 43.4 Å². The van der Waals surface area contributed by atoms with E-state index < -0.39 is 0 Å². The van der Waals surface area contributed by atoms with Crippen LogP contribution in [-0.2, 0) is 11.3 Å². The summed E-state index contributed by atoms with van der Waals surface area (Å²) in [4.78, 5) is 4.82. The molecular formula is C26H35NO4. The van der Waals surface area contributed by atoms with Crippen molar-refractivity contribution in [1.29, 1.82) is 0 Å². The van der Waals surface area contributed by atoms with Crippen LogP contribution in [0.4, 0.5) is 0 Å². The smallest absolute Gasteiger partial charge is 0.125 e. The van der Waals surface area contributed by atoms with E-state index in [9.17, 15) is 0 Å². The molecule has 0 saturated heterocycles. The van der Waals surface area contributed by atoms with Crippen molar-refractivity contribution in [1.82, 2.24) is 0 Å². The van der Waals surface area contributed by atoms with Crippen molar-refractivity contribution in [2.24, 2.45) is 5.16 Å². The van der Waals surface area contributed by atoms with Gasteiger partial charge in [-0.05, 0) is 81.5 Å². The summed E-state index contributed by atoms with van der Waals surface area (Å²) in [6, 6.07) is 12.2. The predicted molar refractivity (Wildman–Crippen MR) is 127 cm³/mol. The molecule has 0 aromatic heterocycles. The molecule has 0 amide bonds. The molecule has 0 saturated carbocycles. The van der Waals surface area contributed by atoms with Crippen molar-refractivity contribution in [2.45, 2.75) is 47.0 Å². The second-order valence-corrected chi connectivity index (χ2v) is 7.50. The van der Waals surface area contributed by atoms with Gasteiger partial charge < -0.3 is 19.0 Å². The van der Waals surface area contributed by atoms with Crippen LogP contribution in [0.25, 0.3) is 0 Å². The highest BCUT2D eigenvalue weighted by Gasteiger charge is 2.07. The van der Waals surface area contributed by atoms with E-state index >= 15 is 0 Å². The second-order valence-electron chi connectivity index (χ2n) is 7.50. The lowest BCUT2D eigenvalue weighted by Gasteiger charge is -2.14. The van der Waals surface area contributed by atoms with Gasteiger partial charge >= 0.3 is 0 Å². The van der Waals surface area contributed by atoms with E-state index in [0.717, 1.165) is 58.9 Å². The molecule has 168 valence electrons. The Morgan fingerprint density at radius 1 is 0.935 bits per heavy atom. The maximum Gasteiger partial charge on any atom is 0.125 e. The van der Waals surface area contributed by atoms with E-state index in [-0.39, 0.29) is 0 Å². The fourth-order valence-corrected chi connectivity index (χ4v) is 3.26. The molecule has 2 rings (SSSR count). The minimum atomic E-state index is 0.582. The molecule has 0 N–H and O–H groups in total. The average molecular weight is 426 g/mol. The number of benzene rings is 2. The molecule has 5 nitrogen and oxygen atoms in total. The molecule has 0 heterocycles. The zero-order chi connectivity index (χ0) is 22.5. The highest BCUT2D eigenvalue weighted by atomic mass is 16.6. The van der Waals surface area contributed by atoms with Crippen molar-refractivity contribution in [3.63, 3.8) is 0 Å². The van der Waals surface area contributed by atoms with Gasteiger partial charge in [-0.15, -0.1) is 0 Å². The average Bonchev–Trinajstić information content (AvgIpc) is 2.73. The fourth-order valence-electron chi connectivity index (χ4n) is 3.26. The van der Waals surface area contributed by atoms with Gasteiger partial charge in [0.2, 0.25) is 0 Å². The maximum atomic E-state index is 6.04. The zero-order valence-corrected chi connectivity index (χ0v) is 19.4. The van der Waals surface area contributed by atoms with E-state index in [4.69, 9.17) is 19.0 Å². The molecule has 31 heavy (non-hydrogen) atoms. The third-order valence-corrected chi connectivity index (χ3v) is 4.68. The lowest BCUT2D eigenvalue weighted by atomic mass is 10.1. The number of oxime groups is 1. The summed E-state index contributed by atoms with van der Waals surface area (Å²) < 4.78 is 17.7. The SMILES string of the molecule is C/C=C/COc1cc(C)c(OCCCCOc2cccc(CC(C)=NOC)c2)c(C)c1. The molecule has 0 fully saturated rings. The number of aryl methyl sites for hydroxylation is 2. The molecule has 0 atom stereocenters. The van der Waals surface area contributed by atoms with E-state index in [2.05, 4.69) is 31.1 Å². The quantitative estimate of drug-likeness (QED) is 0.169. The van der Waals surface area contributed by atoms with Gasteiger partial charge in [-0.2, -0.15) is 0 Å². The monoisotopic (exact) mass is 425 g/mol. The highest BCUT2D eigenvalue weighted by molar-refractivity contribution is 5.83. The molecule has 0 bridgehead atoms. The second kappa shape index (κ2) is 13.4. The zero-order valence-electron chi connectivity index (χ0n) is 19.4. The number of unbranched alkanes of at least 4 members (excludes halogenated alkanes) is 1. The number of nitrogens with zero attached hydrogens (tertiary/aromatic N) is 1. The molecular weight excluding hydrogens is 390 g/mol. The summed E-state index contributed by atoms with van der Waals surface area (Å²) in [5, 5.41) is 3.96. The molecule has 0 aliphatic heterocycles. The van der Waals surface area contributed by atoms with Crippen molar-refractivity contribution >= 4 is 5.71 Å². The van der Waals surface area contributed by atoms with Gasteiger partial charge in [0.25, 0.3) is 0 Å². The first-order valence-electron chi connectivity index (χ1n) is 10.8. The molecule has 0 unspecified atom stereocenters. The summed E-state index contributed by atoms with van der Waals surface area (Å²) in [6.45, 7) is 9.95. The largest absolute Gasteiger partial charge is 0.494 e. The van der Waals surface area contributed by atoms with Gasteiger partial charge in [0.05, 0.1) is 18.9 Å². The van der Waals surface area contributed by atoms with Crippen molar-refractivity contribution in [3.8, 4) is 17.2 Å². The topological polar surface area (TPSA) is 49.3 Å². The number of hydrogen-bond acceptors (Lipinski definition) is 5. The summed E-state index contributed by atoms with van der Waals surface area (Å²) in [5.41, 5.74) is 4.27. The molecule has 5 heteroatoms. The fraction of sp³-hybridized carbons (Fsp3) is 0.423. The Morgan fingerprint density at radius 3 is 2.32 bits per heavy atom. The molecule has 2 aromatic rings. The van der Waals surface area contributed by atoms with Gasteiger partial charge in [0.15, 0.2) is 0 Å². The third-order valence-electron chi connectivity index (χ3n) is 4.68. The first-order chi connectivity index (χ1) is 15.0. The molecule has 0 spiro atoms. The van der Waals surface area contributed by atoms with Gasteiger partial charge in [0.1, 0.15) is 31.0 Å². The van der Waals surface area contributed by atoms with Crippen LogP contribution in [0.5, 0.6) is 17.2 Å². The highest BCUT2D eigenvalue weighted by Crippen LogP contribution is 2.28. The van der Waals surface area contributed by atoms with Crippen LogP contribution in [0.2, 0.25) is 0 Å².